The Morgan fingerprint density at radius 2 is 2.10 bits per heavy atom. The molecule has 1 fully saturated rings. The fourth-order valence-corrected chi connectivity index (χ4v) is 2.82. The summed E-state index contributed by atoms with van der Waals surface area (Å²) in [5.74, 6) is -0.731. The number of nitrogens with zero attached hydrogens (tertiary/aromatic N) is 1. The van der Waals surface area contributed by atoms with Gasteiger partial charge in [0.15, 0.2) is 10.2 Å². The van der Waals surface area contributed by atoms with Crippen LogP contribution in [0.1, 0.15) is 24.5 Å². The van der Waals surface area contributed by atoms with Gasteiger partial charge in [0.1, 0.15) is 11.6 Å². The minimum absolute atomic E-state index is 0.128. The van der Waals surface area contributed by atoms with E-state index in [9.17, 15) is 8.78 Å². The van der Waals surface area contributed by atoms with Gasteiger partial charge < -0.3 is 10.6 Å². The molecule has 0 bridgehead atoms. The molecule has 20 heavy (non-hydrogen) atoms. The van der Waals surface area contributed by atoms with Crippen molar-refractivity contribution >= 4 is 39.5 Å². The molecule has 3 nitrogen and oxygen atoms in total. The molecule has 0 amide bonds. The van der Waals surface area contributed by atoms with Gasteiger partial charge in [-0.1, -0.05) is 0 Å². The summed E-state index contributed by atoms with van der Waals surface area (Å²) < 4.78 is 26.3. The van der Waals surface area contributed by atoms with Crippen molar-refractivity contribution in [2.75, 3.05) is 10.6 Å². The Kier molecular flexibility index (Phi) is 3.62. The Labute approximate surface area is 124 Å². The van der Waals surface area contributed by atoms with Gasteiger partial charge in [0.05, 0.1) is 11.4 Å². The first kappa shape index (κ1) is 13.4. The predicted octanol–water partition coefficient (Wildman–Crippen LogP) is 4.11. The number of nitrogens with one attached hydrogen (secondary N) is 2. The van der Waals surface area contributed by atoms with Gasteiger partial charge in [-0.15, -0.1) is 11.3 Å². The lowest BCUT2D eigenvalue weighted by atomic mass is 10.3. The lowest BCUT2D eigenvalue weighted by Crippen LogP contribution is -2.19. The molecular weight excluding hydrogens is 300 g/mol. The molecule has 1 aromatic carbocycles. The van der Waals surface area contributed by atoms with Crippen molar-refractivity contribution in [2.24, 2.45) is 0 Å². The van der Waals surface area contributed by atoms with E-state index in [0.29, 0.717) is 11.0 Å². The maximum Gasteiger partial charge on any atom is 0.189 e. The molecule has 3 rings (SSSR count). The van der Waals surface area contributed by atoms with Crippen LogP contribution in [0.25, 0.3) is 0 Å². The van der Waals surface area contributed by atoms with Crippen LogP contribution in [0.5, 0.6) is 0 Å². The van der Waals surface area contributed by atoms with Gasteiger partial charge in [0, 0.05) is 17.4 Å². The van der Waals surface area contributed by atoms with E-state index in [1.165, 1.54) is 36.3 Å². The number of thiocarbonyl (C=S) groups is 1. The van der Waals surface area contributed by atoms with E-state index in [1.54, 1.807) is 0 Å². The highest BCUT2D eigenvalue weighted by Gasteiger charge is 2.26. The molecule has 2 aromatic rings. The van der Waals surface area contributed by atoms with Crippen molar-refractivity contribution in [1.82, 2.24) is 4.98 Å². The fraction of sp³-hybridized carbons (Fsp3) is 0.231. The van der Waals surface area contributed by atoms with Crippen LogP contribution in [0.3, 0.4) is 0 Å². The van der Waals surface area contributed by atoms with E-state index in [4.69, 9.17) is 12.2 Å². The number of benzene rings is 1. The number of thiazole rings is 1. The molecule has 1 heterocycles. The SMILES string of the molecule is Fc1ccc(NC(=S)Nc2nc(C3CC3)cs2)c(F)c1. The average Bonchev–Trinajstić information content (AvgIpc) is 3.14. The molecule has 0 unspecified atom stereocenters. The predicted molar refractivity (Wildman–Crippen MR) is 80.3 cm³/mol. The van der Waals surface area contributed by atoms with E-state index in [1.807, 2.05) is 5.38 Å². The van der Waals surface area contributed by atoms with Crippen molar-refractivity contribution < 1.29 is 8.78 Å². The number of rotatable bonds is 3. The highest BCUT2D eigenvalue weighted by Crippen LogP contribution is 2.40. The van der Waals surface area contributed by atoms with Gasteiger partial charge in [-0.05, 0) is 37.2 Å². The first-order valence-electron chi connectivity index (χ1n) is 6.10. The quantitative estimate of drug-likeness (QED) is 0.837. The molecule has 1 aromatic heterocycles. The topological polar surface area (TPSA) is 37.0 Å². The van der Waals surface area contributed by atoms with E-state index >= 15 is 0 Å². The van der Waals surface area contributed by atoms with Crippen LogP contribution in [-0.4, -0.2) is 10.1 Å². The summed E-state index contributed by atoms with van der Waals surface area (Å²) in [5.41, 5.74) is 1.20. The van der Waals surface area contributed by atoms with E-state index in [0.717, 1.165) is 11.8 Å². The number of halogens is 2. The Bertz CT molecular complexity index is 653. The van der Waals surface area contributed by atoms with Gasteiger partial charge in [0.25, 0.3) is 0 Å². The summed E-state index contributed by atoms with van der Waals surface area (Å²) in [6.45, 7) is 0. The van der Waals surface area contributed by atoms with Crippen LogP contribution in [0.15, 0.2) is 23.6 Å². The second-order valence-electron chi connectivity index (χ2n) is 4.56. The van der Waals surface area contributed by atoms with Crippen molar-refractivity contribution in [1.29, 1.82) is 0 Å². The monoisotopic (exact) mass is 311 g/mol. The molecule has 1 aliphatic rings. The second kappa shape index (κ2) is 5.41. The molecular formula is C13H11F2N3S2. The lowest BCUT2D eigenvalue weighted by Gasteiger charge is -2.09. The first-order valence-corrected chi connectivity index (χ1v) is 7.39. The van der Waals surface area contributed by atoms with Crippen LogP contribution in [0, 0.1) is 11.6 Å². The fourth-order valence-electron chi connectivity index (χ4n) is 1.75. The second-order valence-corrected chi connectivity index (χ2v) is 5.82. The van der Waals surface area contributed by atoms with Gasteiger partial charge in [-0.3, -0.25) is 0 Å². The van der Waals surface area contributed by atoms with Crippen LogP contribution < -0.4 is 10.6 Å². The zero-order valence-corrected chi connectivity index (χ0v) is 12.0. The third-order valence-corrected chi connectivity index (χ3v) is 3.90. The zero-order chi connectivity index (χ0) is 14.1. The molecule has 1 saturated carbocycles. The van der Waals surface area contributed by atoms with E-state index < -0.39 is 11.6 Å². The molecule has 0 spiro atoms. The minimum Gasteiger partial charge on any atom is -0.330 e. The van der Waals surface area contributed by atoms with Gasteiger partial charge in [0.2, 0.25) is 0 Å². The van der Waals surface area contributed by atoms with E-state index in [-0.39, 0.29) is 10.8 Å². The lowest BCUT2D eigenvalue weighted by molar-refractivity contribution is 0.586. The Morgan fingerprint density at radius 3 is 2.80 bits per heavy atom. The summed E-state index contributed by atoms with van der Waals surface area (Å²) in [5, 5.41) is 8.49. The van der Waals surface area contributed by atoms with Gasteiger partial charge in [-0.2, -0.15) is 0 Å². The largest absolute Gasteiger partial charge is 0.330 e. The zero-order valence-electron chi connectivity index (χ0n) is 10.3. The maximum atomic E-state index is 13.5. The summed E-state index contributed by atoms with van der Waals surface area (Å²) in [6.07, 6.45) is 2.37. The number of hydrogen-bond acceptors (Lipinski definition) is 3. The normalized spacial score (nSPS) is 14.1. The Balaban J connectivity index is 1.63. The molecule has 1 aliphatic carbocycles. The number of aromatic nitrogens is 1. The van der Waals surface area contributed by atoms with Crippen LogP contribution >= 0.6 is 23.6 Å². The molecule has 104 valence electrons. The van der Waals surface area contributed by atoms with Crippen molar-refractivity contribution in [3.8, 4) is 0 Å². The third-order valence-electron chi connectivity index (χ3n) is 2.92. The summed E-state index contributed by atoms with van der Waals surface area (Å²) in [4.78, 5) is 4.42. The number of anilines is 2. The van der Waals surface area contributed by atoms with Crippen molar-refractivity contribution in [3.63, 3.8) is 0 Å². The summed E-state index contributed by atoms with van der Waals surface area (Å²) in [6, 6.07) is 3.28. The standard InChI is InChI=1S/C13H11F2N3S2/c14-8-3-4-10(9(15)5-8)16-12(19)18-13-17-11(6-20-13)7-1-2-7/h3-7H,1-2H2,(H2,16,17,18,19). The smallest absolute Gasteiger partial charge is 0.189 e. The summed E-state index contributed by atoms with van der Waals surface area (Å²) in [7, 11) is 0. The van der Waals surface area contributed by atoms with Crippen LogP contribution in [-0.2, 0) is 0 Å². The van der Waals surface area contributed by atoms with Crippen molar-refractivity contribution in [2.45, 2.75) is 18.8 Å². The average molecular weight is 311 g/mol. The first-order chi connectivity index (χ1) is 9.61. The highest BCUT2D eigenvalue weighted by molar-refractivity contribution is 7.80. The highest BCUT2D eigenvalue weighted by atomic mass is 32.1. The Morgan fingerprint density at radius 1 is 1.30 bits per heavy atom. The van der Waals surface area contributed by atoms with Crippen LogP contribution in [0.2, 0.25) is 0 Å². The minimum atomic E-state index is -0.688. The van der Waals surface area contributed by atoms with Crippen molar-refractivity contribution in [3.05, 3.63) is 40.9 Å². The molecule has 0 saturated heterocycles. The Hall–Kier alpha value is -1.60. The molecule has 0 atom stereocenters. The third kappa shape index (κ3) is 3.10. The van der Waals surface area contributed by atoms with Gasteiger partial charge >= 0.3 is 0 Å². The molecule has 7 heteroatoms. The van der Waals surface area contributed by atoms with Crippen LogP contribution in [0.4, 0.5) is 19.6 Å². The maximum absolute atomic E-state index is 13.5. The summed E-state index contributed by atoms with van der Waals surface area (Å²) >= 11 is 6.55. The number of hydrogen-bond donors (Lipinski definition) is 2. The molecule has 0 aliphatic heterocycles. The van der Waals surface area contributed by atoms with E-state index in [2.05, 4.69) is 15.6 Å². The molecule has 0 radical (unpaired) electrons. The molecule has 2 N–H and O–H groups in total. The van der Waals surface area contributed by atoms with Gasteiger partial charge in [-0.25, -0.2) is 13.8 Å².